The predicted octanol–water partition coefficient (Wildman–Crippen LogP) is 7.30. The smallest absolute Gasteiger partial charge is 0.235 e. The van der Waals surface area contributed by atoms with Crippen LogP contribution in [0.4, 0.5) is 0 Å². The lowest BCUT2D eigenvalue weighted by Crippen LogP contribution is -2.11. The number of benzene rings is 3. The molecule has 0 saturated heterocycles. The van der Waals surface area contributed by atoms with E-state index in [0.717, 1.165) is 16.7 Å². The second-order valence-electron chi connectivity index (χ2n) is 8.79. The van der Waals surface area contributed by atoms with E-state index in [2.05, 4.69) is 32.9 Å². The van der Waals surface area contributed by atoms with E-state index in [4.69, 9.17) is 20.8 Å². The molecule has 0 amide bonds. The summed E-state index contributed by atoms with van der Waals surface area (Å²) in [4.78, 5) is 13.4. The Morgan fingerprint density at radius 3 is 2.29 bits per heavy atom. The van der Waals surface area contributed by atoms with E-state index in [0.29, 0.717) is 21.8 Å². The third kappa shape index (κ3) is 4.38. The Bertz CT molecular complexity index is 1280. The highest BCUT2D eigenvalue weighted by Gasteiger charge is 2.20. The van der Waals surface area contributed by atoms with Gasteiger partial charge in [0, 0.05) is 10.6 Å². The lowest BCUT2D eigenvalue weighted by Gasteiger charge is -2.19. The molecule has 158 valence electrons. The van der Waals surface area contributed by atoms with Crippen LogP contribution in [0.2, 0.25) is 5.02 Å². The molecule has 0 saturated carbocycles. The van der Waals surface area contributed by atoms with Crippen molar-refractivity contribution in [1.29, 1.82) is 0 Å². The molecule has 3 aromatic carbocycles. The SMILES string of the molecule is Cc1cc2oc(-c3ccc(C(C)(C)C)cc3)c(OCc3ccccc3)c(=O)c2cc1Cl. The summed E-state index contributed by atoms with van der Waals surface area (Å²) in [6.07, 6.45) is 0. The van der Waals surface area contributed by atoms with E-state index in [9.17, 15) is 4.79 Å². The lowest BCUT2D eigenvalue weighted by atomic mass is 9.86. The molecule has 0 spiro atoms. The zero-order valence-electron chi connectivity index (χ0n) is 18.2. The summed E-state index contributed by atoms with van der Waals surface area (Å²) in [5.74, 6) is 0.621. The number of rotatable bonds is 4. The Morgan fingerprint density at radius 1 is 0.968 bits per heavy atom. The molecule has 0 aliphatic carbocycles. The van der Waals surface area contributed by atoms with Crippen LogP contribution in [0.5, 0.6) is 5.75 Å². The fourth-order valence-corrected chi connectivity index (χ4v) is 3.63. The van der Waals surface area contributed by atoms with Crippen LogP contribution in [0.25, 0.3) is 22.3 Å². The van der Waals surface area contributed by atoms with Gasteiger partial charge in [0.2, 0.25) is 11.2 Å². The van der Waals surface area contributed by atoms with Gasteiger partial charge in [-0.05, 0) is 41.2 Å². The first kappa shape index (κ1) is 21.2. The van der Waals surface area contributed by atoms with Crippen molar-refractivity contribution in [2.24, 2.45) is 0 Å². The Hall–Kier alpha value is -3.04. The van der Waals surface area contributed by atoms with Gasteiger partial charge in [-0.1, -0.05) is 87.0 Å². The van der Waals surface area contributed by atoms with E-state index in [1.165, 1.54) is 5.56 Å². The van der Waals surface area contributed by atoms with Crippen molar-refractivity contribution in [2.45, 2.75) is 39.7 Å². The highest BCUT2D eigenvalue weighted by atomic mass is 35.5. The maximum Gasteiger partial charge on any atom is 0.235 e. The van der Waals surface area contributed by atoms with Crippen molar-refractivity contribution < 1.29 is 9.15 Å². The number of hydrogen-bond donors (Lipinski definition) is 0. The van der Waals surface area contributed by atoms with Gasteiger partial charge in [0.1, 0.15) is 12.2 Å². The van der Waals surface area contributed by atoms with Crippen molar-refractivity contribution in [2.75, 3.05) is 0 Å². The van der Waals surface area contributed by atoms with E-state index < -0.39 is 0 Å². The van der Waals surface area contributed by atoms with Gasteiger partial charge in [-0.25, -0.2) is 0 Å². The minimum Gasteiger partial charge on any atom is -0.481 e. The molecule has 4 aromatic rings. The minimum absolute atomic E-state index is 0.0310. The number of ether oxygens (including phenoxy) is 1. The Balaban J connectivity index is 1.87. The Morgan fingerprint density at radius 2 is 1.65 bits per heavy atom. The standard InChI is InChI=1S/C27H25ClO3/c1-17-14-23-21(15-22(17)28)24(29)26(30-16-18-8-6-5-7-9-18)25(31-23)19-10-12-20(13-11-19)27(2,3)4/h5-15H,16H2,1-4H3. The van der Waals surface area contributed by atoms with Crippen LogP contribution in [0.15, 0.2) is 75.9 Å². The van der Waals surface area contributed by atoms with Crippen molar-refractivity contribution >= 4 is 22.6 Å². The number of hydrogen-bond acceptors (Lipinski definition) is 3. The van der Waals surface area contributed by atoms with Gasteiger partial charge in [-0.2, -0.15) is 0 Å². The average Bonchev–Trinajstić information content (AvgIpc) is 2.75. The molecule has 0 aliphatic heterocycles. The van der Waals surface area contributed by atoms with Gasteiger partial charge >= 0.3 is 0 Å². The highest BCUT2D eigenvalue weighted by Crippen LogP contribution is 2.34. The summed E-state index contributed by atoms with van der Waals surface area (Å²) in [6, 6.07) is 21.3. The molecule has 0 fully saturated rings. The zero-order valence-corrected chi connectivity index (χ0v) is 18.9. The summed E-state index contributed by atoms with van der Waals surface area (Å²) in [5.41, 5.74) is 4.12. The predicted molar refractivity (Wildman–Crippen MR) is 127 cm³/mol. The molecule has 4 rings (SSSR count). The average molecular weight is 433 g/mol. The van der Waals surface area contributed by atoms with Crippen molar-refractivity contribution in [1.82, 2.24) is 0 Å². The maximum absolute atomic E-state index is 13.4. The summed E-state index contributed by atoms with van der Waals surface area (Å²) in [5, 5.41) is 0.935. The van der Waals surface area contributed by atoms with Crippen molar-refractivity contribution in [3.05, 3.63) is 98.7 Å². The Labute approximate surface area is 187 Å². The summed E-state index contributed by atoms with van der Waals surface area (Å²) >= 11 is 6.28. The Kier molecular flexibility index (Phi) is 5.63. The first-order chi connectivity index (χ1) is 14.7. The molecule has 0 bridgehead atoms. The number of halogens is 1. The van der Waals surface area contributed by atoms with Gasteiger partial charge in [0.25, 0.3) is 0 Å². The monoisotopic (exact) mass is 432 g/mol. The normalized spacial score (nSPS) is 11.6. The molecule has 0 aliphatic rings. The summed E-state index contributed by atoms with van der Waals surface area (Å²) in [7, 11) is 0. The molecule has 0 atom stereocenters. The van der Waals surface area contributed by atoms with Gasteiger partial charge in [-0.3, -0.25) is 4.79 Å². The minimum atomic E-state index is -0.228. The van der Waals surface area contributed by atoms with E-state index >= 15 is 0 Å². The summed E-state index contributed by atoms with van der Waals surface area (Å²) in [6.45, 7) is 8.65. The topological polar surface area (TPSA) is 39.4 Å². The van der Waals surface area contributed by atoms with E-state index in [1.807, 2.05) is 49.4 Å². The van der Waals surface area contributed by atoms with E-state index in [-0.39, 0.29) is 23.2 Å². The fourth-order valence-electron chi connectivity index (χ4n) is 3.47. The fraction of sp³-hybridized carbons (Fsp3) is 0.222. The van der Waals surface area contributed by atoms with Crippen LogP contribution in [-0.4, -0.2) is 0 Å². The van der Waals surface area contributed by atoms with Crippen molar-refractivity contribution in [3.8, 4) is 17.1 Å². The largest absolute Gasteiger partial charge is 0.481 e. The van der Waals surface area contributed by atoms with Crippen LogP contribution in [0.3, 0.4) is 0 Å². The first-order valence-electron chi connectivity index (χ1n) is 10.3. The number of fused-ring (bicyclic) bond motifs is 1. The number of aryl methyl sites for hydroxylation is 1. The van der Waals surface area contributed by atoms with Gasteiger partial charge in [0.15, 0.2) is 5.76 Å². The molecule has 0 N–H and O–H groups in total. The van der Waals surface area contributed by atoms with Gasteiger partial charge in [-0.15, -0.1) is 0 Å². The molecule has 1 heterocycles. The van der Waals surface area contributed by atoms with Crippen LogP contribution < -0.4 is 10.2 Å². The van der Waals surface area contributed by atoms with Crippen molar-refractivity contribution in [3.63, 3.8) is 0 Å². The lowest BCUT2D eigenvalue weighted by molar-refractivity contribution is 0.298. The molecular weight excluding hydrogens is 408 g/mol. The first-order valence-corrected chi connectivity index (χ1v) is 10.7. The van der Waals surface area contributed by atoms with Crippen LogP contribution >= 0.6 is 11.6 Å². The summed E-state index contributed by atoms with van der Waals surface area (Å²) < 4.78 is 12.3. The maximum atomic E-state index is 13.4. The highest BCUT2D eigenvalue weighted by molar-refractivity contribution is 6.32. The molecule has 0 unspecified atom stereocenters. The second-order valence-corrected chi connectivity index (χ2v) is 9.20. The van der Waals surface area contributed by atoms with Crippen LogP contribution in [0, 0.1) is 6.92 Å². The molecular formula is C27H25ClO3. The quantitative estimate of drug-likeness (QED) is 0.339. The zero-order chi connectivity index (χ0) is 22.2. The van der Waals surface area contributed by atoms with Gasteiger partial charge < -0.3 is 9.15 Å². The van der Waals surface area contributed by atoms with Crippen LogP contribution in [0.1, 0.15) is 37.5 Å². The third-order valence-electron chi connectivity index (χ3n) is 5.37. The van der Waals surface area contributed by atoms with E-state index in [1.54, 1.807) is 12.1 Å². The molecule has 0 radical (unpaired) electrons. The molecule has 31 heavy (non-hydrogen) atoms. The van der Waals surface area contributed by atoms with Crippen LogP contribution in [-0.2, 0) is 12.0 Å². The third-order valence-corrected chi connectivity index (χ3v) is 5.78. The molecule has 4 heteroatoms. The second kappa shape index (κ2) is 8.24. The molecule has 3 nitrogen and oxygen atoms in total. The molecule has 1 aromatic heterocycles. The van der Waals surface area contributed by atoms with Gasteiger partial charge in [0.05, 0.1) is 5.39 Å².